The molecule has 1 saturated heterocycles. The van der Waals surface area contributed by atoms with Crippen molar-refractivity contribution in [2.45, 2.75) is 0 Å². The lowest BCUT2D eigenvalue weighted by atomic mass is 10.2. The molecule has 1 aromatic carbocycles. The molecule has 0 saturated carbocycles. The Hall–Kier alpha value is -2.00. The van der Waals surface area contributed by atoms with E-state index in [2.05, 4.69) is 25.7 Å². The molecule has 1 fully saturated rings. The number of esters is 1. The van der Waals surface area contributed by atoms with Crippen LogP contribution in [0.15, 0.2) is 26.5 Å². The Morgan fingerprint density at radius 2 is 2.08 bits per heavy atom. The number of nitrogens with zero attached hydrogens (tertiary/aromatic N) is 2. The van der Waals surface area contributed by atoms with Crippen molar-refractivity contribution < 1.29 is 23.8 Å². The van der Waals surface area contributed by atoms with Gasteiger partial charge in [0.1, 0.15) is 0 Å². The van der Waals surface area contributed by atoms with Crippen LogP contribution in [0.25, 0.3) is 6.08 Å². The predicted molar refractivity (Wildman–Crippen MR) is 99.9 cm³/mol. The zero-order valence-corrected chi connectivity index (χ0v) is 16.6. The Morgan fingerprint density at radius 3 is 2.64 bits per heavy atom. The molecule has 1 aromatic rings. The molecule has 0 aromatic heterocycles. The Bertz CT molecular complexity index is 763. The molecule has 0 spiro atoms. The largest absolute Gasteiger partial charge is 0.493 e. The van der Waals surface area contributed by atoms with Gasteiger partial charge in [-0.2, -0.15) is 0 Å². The molecule has 1 heterocycles. The first-order valence-corrected chi connectivity index (χ1v) is 8.73. The average molecular weight is 429 g/mol. The van der Waals surface area contributed by atoms with Crippen LogP contribution < -0.4 is 9.47 Å². The second-order valence-electron chi connectivity index (χ2n) is 4.87. The fourth-order valence-electron chi connectivity index (χ4n) is 2.02. The number of methoxy groups -OCH3 is 2. The van der Waals surface area contributed by atoms with Gasteiger partial charge in [-0.05, 0) is 35.5 Å². The zero-order chi connectivity index (χ0) is 18.6. The summed E-state index contributed by atoms with van der Waals surface area (Å²) in [6.45, 7) is -0.227. The van der Waals surface area contributed by atoms with E-state index in [0.717, 1.165) is 5.56 Å². The van der Waals surface area contributed by atoms with E-state index in [9.17, 15) is 9.59 Å². The van der Waals surface area contributed by atoms with Gasteiger partial charge in [0, 0.05) is 18.6 Å². The van der Waals surface area contributed by atoms with Gasteiger partial charge >= 0.3 is 5.97 Å². The summed E-state index contributed by atoms with van der Waals surface area (Å²) < 4.78 is 16.0. The summed E-state index contributed by atoms with van der Waals surface area (Å²) in [7, 11) is 6.10. The van der Waals surface area contributed by atoms with Gasteiger partial charge in [0.25, 0.3) is 5.91 Å². The van der Waals surface area contributed by atoms with Crippen LogP contribution in [0.2, 0.25) is 0 Å². The first kappa shape index (κ1) is 19.3. The molecule has 2 rings (SSSR count). The second-order valence-corrected chi connectivity index (χ2v) is 6.73. The molecular formula is C16H17BrN2O5S. The Kier molecular flexibility index (Phi) is 6.49. The molecule has 0 radical (unpaired) electrons. The highest BCUT2D eigenvalue weighted by Gasteiger charge is 2.30. The minimum Gasteiger partial charge on any atom is -0.493 e. The summed E-state index contributed by atoms with van der Waals surface area (Å²) in [4.78, 5) is 29.6. The van der Waals surface area contributed by atoms with Crippen LogP contribution in [0.3, 0.4) is 0 Å². The quantitative estimate of drug-likeness (QED) is 0.529. The Balaban J connectivity index is 2.32. The zero-order valence-electron chi connectivity index (χ0n) is 14.2. The van der Waals surface area contributed by atoms with Gasteiger partial charge in [-0.1, -0.05) is 15.9 Å². The summed E-state index contributed by atoms with van der Waals surface area (Å²) >= 11 is 4.75. The molecule has 0 aliphatic carbocycles. The number of hydrogen-bond acceptors (Lipinski definition) is 7. The van der Waals surface area contributed by atoms with Crippen LogP contribution in [-0.2, 0) is 14.3 Å². The van der Waals surface area contributed by atoms with E-state index in [0.29, 0.717) is 26.0 Å². The normalized spacial score (nSPS) is 17.3. The van der Waals surface area contributed by atoms with Crippen LogP contribution in [0.1, 0.15) is 5.56 Å². The highest BCUT2D eigenvalue weighted by molar-refractivity contribution is 9.10. The molecule has 9 heteroatoms. The fourth-order valence-corrected chi connectivity index (χ4v) is 3.37. The lowest BCUT2D eigenvalue weighted by Crippen LogP contribution is -2.23. The molecule has 7 nitrogen and oxygen atoms in total. The molecule has 0 atom stereocenters. The van der Waals surface area contributed by atoms with E-state index in [1.54, 1.807) is 32.3 Å². The fraction of sp³-hybridized carbons (Fsp3) is 0.312. The number of benzene rings is 1. The molecular weight excluding hydrogens is 412 g/mol. The van der Waals surface area contributed by atoms with Crippen molar-refractivity contribution in [2.75, 3.05) is 34.9 Å². The van der Waals surface area contributed by atoms with Crippen molar-refractivity contribution in [3.63, 3.8) is 0 Å². The van der Waals surface area contributed by atoms with Gasteiger partial charge < -0.3 is 14.2 Å². The van der Waals surface area contributed by atoms with E-state index >= 15 is 0 Å². The third-order valence-electron chi connectivity index (χ3n) is 3.34. The predicted octanol–water partition coefficient (Wildman–Crippen LogP) is 2.54. The molecule has 1 aliphatic heterocycles. The van der Waals surface area contributed by atoms with E-state index < -0.39 is 5.97 Å². The lowest BCUT2D eigenvalue weighted by Gasteiger charge is -2.12. The van der Waals surface area contributed by atoms with Crippen LogP contribution in [0.5, 0.6) is 11.5 Å². The summed E-state index contributed by atoms with van der Waals surface area (Å²) in [5.74, 6) is 0.210. The number of aliphatic imine (C=N–C) groups is 1. The number of carbonyl (C=O) groups excluding carboxylic acids is 2. The molecule has 25 heavy (non-hydrogen) atoms. The van der Waals surface area contributed by atoms with Gasteiger partial charge in [-0.25, -0.2) is 4.79 Å². The van der Waals surface area contributed by atoms with Gasteiger partial charge in [0.2, 0.25) is 0 Å². The van der Waals surface area contributed by atoms with Gasteiger partial charge in [-0.15, -0.1) is 0 Å². The topological polar surface area (TPSA) is 77.4 Å². The maximum atomic E-state index is 12.3. The van der Waals surface area contributed by atoms with E-state index in [1.807, 2.05) is 0 Å². The minimum absolute atomic E-state index is 0.123. The summed E-state index contributed by atoms with van der Waals surface area (Å²) in [6.07, 6.45) is 1.75. The van der Waals surface area contributed by atoms with Crippen molar-refractivity contribution >= 4 is 50.8 Å². The van der Waals surface area contributed by atoms with Crippen LogP contribution >= 0.6 is 27.7 Å². The van der Waals surface area contributed by atoms with Crippen LogP contribution in [0.4, 0.5) is 0 Å². The third-order valence-corrected chi connectivity index (χ3v) is 5.18. The number of likely N-dealkylation sites (N-methyl/N-ethyl adjacent to an activating group) is 1. The SMILES string of the molecule is CN=C1S/C(=C/c2cc(OC)c(OCC(=O)OC)cc2Br)C(=O)N1C. The number of amidine groups is 1. The minimum atomic E-state index is -0.494. The molecule has 0 bridgehead atoms. The number of rotatable bonds is 5. The maximum absolute atomic E-state index is 12.3. The summed E-state index contributed by atoms with van der Waals surface area (Å²) in [5.41, 5.74) is 0.740. The van der Waals surface area contributed by atoms with Gasteiger partial charge in [-0.3, -0.25) is 14.7 Å². The van der Waals surface area contributed by atoms with Crippen molar-refractivity contribution in [1.29, 1.82) is 0 Å². The first-order chi connectivity index (χ1) is 11.9. The van der Waals surface area contributed by atoms with E-state index in [4.69, 9.17) is 9.47 Å². The van der Waals surface area contributed by atoms with Crippen molar-refractivity contribution in [1.82, 2.24) is 4.90 Å². The van der Waals surface area contributed by atoms with Crippen LogP contribution in [-0.4, -0.2) is 56.9 Å². The smallest absolute Gasteiger partial charge is 0.343 e. The number of halogens is 1. The van der Waals surface area contributed by atoms with Crippen LogP contribution in [0, 0.1) is 0 Å². The number of carbonyl (C=O) groups is 2. The Labute approximate surface area is 158 Å². The number of amides is 1. The van der Waals surface area contributed by atoms with Gasteiger partial charge in [0.15, 0.2) is 23.3 Å². The Morgan fingerprint density at radius 1 is 1.36 bits per heavy atom. The third kappa shape index (κ3) is 4.35. The highest BCUT2D eigenvalue weighted by atomic mass is 79.9. The molecule has 1 aliphatic rings. The van der Waals surface area contributed by atoms with E-state index in [1.165, 1.54) is 30.9 Å². The van der Waals surface area contributed by atoms with E-state index in [-0.39, 0.29) is 12.5 Å². The molecule has 0 unspecified atom stereocenters. The second kappa shape index (κ2) is 8.39. The van der Waals surface area contributed by atoms with Crippen molar-refractivity contribution in [2.24, 2.45) is 4.99 Å². The first-order valence-electron chi connectivity index (χ1n) is 7.12. The number of ether oxygens (including phenoxy) is 3. The molecule has 134 valence electrons. The van der Waals surface area contributed by atoms with Gasteiger partial charge in [0.05, 0.1) is 19.1 Å². The standard InChI is InChI=1S/C16H17BrN2O5S/c1-18-16-19(2)15(21)13(25-16)6-9-5-11(22-3)12(7-10(9)17)24-8-14(20)23-4/h5-7H,8H2,1-4H3/b13-6+,18-16?. The van der Waals surface area contributed by atoms with Crippen molar-refractivity contribution in [3.8, 4) is 11.5 Å². The molecule has 1 amide bonds. The highest BCUT2D eigenvalue weighted by Crippen LogP contribution is 2.37. The summed E-state index contributed by atoms with van der Waals surface area (Å²) in [5, 5.41) is 0.636. The lowest BCUT2D eigenvalue weighted by molar-refractivity contribution is -0.142. The van der Waals surface area contributed by atoms with Crippen molar-refractivity contribution in [3.05, 3.63) is 27.1 Å². The maximum Gasteiger partial charge on any atom is 0.343 e. The molecule has 0 N–H and O–H groups in total. The number of thioether (sulfide) groups is 1. The monoisotopic (exact) mass is 428 g/mol. The average Bonchev–Trinajstić information content (AvgIpc) is 2.89. The number of hydrogen-bond donors (Lipinski definition) is 0. The summed E-state index contributed by atoms with van der Waals surface area (Å²) in [6, 6.07) is 3.40.